The van der Waals surface area contributed by atoms with Crippen LogP contribution < -0.4 is 19.5 Å². The van der Waals surface area contributed by atoms with Gasteiger partial charge in [-0.05, 0) is 25.0 Å². The van der Waals surface area contributed by atoms with E-state index in [1.54, 1.807) is 6.20 Å². The van der Waals surface area contributed by atoms with Crippen molar-refractivity contribution in [2.45, 2.75) is 43.7 Å². The number of rotatable bonds is 7. The molecule has 1 fully saturated rings. The van der Waals surface area contributed by atoms with Crippen molar-refractivity contribution in [1.82, 2.24) is 20.3 Å². The molecule has 2 aliphatic rings. The summed E-state index contributed by atoms with van der Waals surface area (Å²) in [6.45, 7) is 1.87. The molecular formula is C24H27FN4O6. The summed E-state index contributed by atoms with van der Waals surface area (Å²) < 4.78 is 36.7. The van der Waals surface area contributed by atoms with Gasteiger partial charge in [-0.15, -0.1) is 0 Å². The maximum absolute atomic E-state index is 14.7. The Balaban J connectivity index is 1.20. The van der Waals surface area contributed by atoms with Crippen molar-refractivity contribution < 1.29 is 33.6 Å². The molecule has 1 aromatic carbocycles. The van der Waals surface area contributed by atoms with E-state index >= 15 is 0 Å². The number of aliphatic hydroxyl groups excluding tert-OH is 2. The fourth-order valence-corrected chi connectivity index (χ4v) is 4.35. The molecule has 0 unspecified atom stereocenters. The first-order chi connectivity index (χ1) is 17.0. The minimum absolute atomic E-state index is 0.0370. The average molecular weight is 487 g/mol. The summed E-state index contributed by atoms with van der Waals surface area (Å²) in [4.78, 5) is 12.8. The molecule has 0 spiro atoms. The summed E-state index contributed by atoms with van der Waals surface area (Å²) in [7, 11) is 1.42. The number of aromatic nitrogens is 3. The van der Waals surface area contributed by atoms with Gasteiger partial charge in [0.1, 0.15) is 36.8 Å². The van der Waals surface area contributed by atoms with Gasteiger partial charge in [-0.2, -0.15) is 0 Å². The van der Waals surface area contributed by atoms with Gasteiger partial charge >= 0.3 is 0 Å². The molecule has 3 N–H and O–H groups in total. The van der Waals surface area contributed by atoms with Crippen LogP contribution in [0.4, 0.5) is 4.39 Å². The van der Waals surface area contributed by atoms with Gasteiger partial charge in [0.25, 0.3) is 0 Å². The third-order valence-corrected chi connectivity index (χ3v) is 6.26. The molecule has 3 aromatic rings. The van der Waals surface area contributed by atoms with E-state index in [0.717, 1.165) is 5.69 Å². The maximum Gasteiger partial charge on any atom is 0.232 e. The monoisotopic (exact) mass is 486 g/mol. The largest absolute Gasteiger partial charge is 0.486 e. The topological polar surface area (TPSA) is 128 Å². The highest BCUT2D eigenvalue weighted by Crippen LogP contribution is 2.32. The van der Waals surface area contributed by atoms with Crippen molar-refractivity contribution in [2.75, 3.05) is 26.9 Å². The normalized spacial score (nSPS) is 21.5. The fourth-order valence-electron chi connectivity index (χ4n) is 4.35. The minimum Gasteiger partial charge on any atom is -0.486 e. The number of benzene rings is 1. The first-order valence-corrected chi connectivity index (χ1v) is 11.5. The number of halogens is 1. The number of fused-ring (bicyclic) bond motifs is 2. The van der Waals surface area contributed by atoms with Crippen LogP contribution in [0.15, 0.2) is 30.6 Å². The molecule has 0 amide bonds. The van der Waals surface area contributed by atoms with Crippen LogP contribution in [0.25, 0.3) is 11.0 Å². The lowest BCUT2D eigenvalue weighted by atomic mass is 9.93. The van der Waals surface area contributed by atoms with Gasteiger partial charge in [0.2, 0.25) is 5.88 Å². The van der Waals surface area contributed by atoms with Crippen molar-refractivity contribution in [3.8, 4) is 17.4 Å². The number of hydrogen-bond acceptors (Lipinski definition) is 10. The zero-order valence-corrected chi connectivity index (χ0v) is 19.2. The van der Waals surface area contributed by atoms with Crippen LogP contribution in [0.3, 0.4) is 0 Å². The number of ether oxygens (including phenoxy) is 4. The highest BCUT2D eigenvalue weighted by molar-refractivity contribution is 5.79. The summed E-state index contributed by atoms with van der Waals surface area (Å²) >= 11 is 0. The molecule has 1 saturated heterocycles. The molecule has 4 atom stereocenters. The number of hydrogen-bond donors (Lipinski definition) is 3. The van der Waals surface area contributed by atoms with Crippen molar-refractivity contribution in [3.05, 3.63) is 47.7 Å². The molecule has 2 aliphatic heterocycles. The second-order valence-electron chi connectivity index (χ2n) is 8.52. The first-order valence-electron chi connectivity index (χ1n) is 11.5. The van der Waals surface area contributed by atoms with Crippen LogP contribution in [0.5, 0.6) is 17.4 Å². The lowest BCUT2D eigenvalue weighted by molar-refractivity contribution is -0.114. The number of methoxy groups -OCH3 is 1. The van der Waals surface area contributed by atoms with Gasteiger partial charge in [-0.25, -0.2) is 14.4 Å². The first kappa shape index (κ1) is 23.6. The van der Waals surface area contributed by atoms with E-state index in [9.17, 15) is 14.6 Å². The second-order valence-corrected chi connectivity index (χ2v) is 8.52. The van der Waals surface area contributed by atoms with E-state index < -0.39 is 24.1 Å². The van der Waals surface area contributed by atoms with Gasteiger partial charge < -0.3 is 34.5 Å². The lowest BCUT2D eigenvalue weighted by Gasteiger charge is -2.34. The maximum atomic E-state index is 14.7. The molecule has 35 heavy (non-hydrogen) atoms. The molecule has 5 rings (SSSR count). The molecule has 0 bridgehead atoms. The van der Waals surface area contributed by atoms with Crippen molar-refractivity contribution in [3.63, 3.8) is 0 Å². The Hall–Kier alpha value is -3.12. The van der Waals surface area contributed by atoms with Crippen molar-refractivity contribution in [1.29, 1.82) is 0 Å². The SMILES string of the molecule is COc1cnc2ccc(F)c([C@@H](O)[C@H](O)[C@@H]3CC[C@@H](NCc4cc5c(cn4)OCCO5)CO3)c2n1. The lowest BCUT2D eigenvalue weighted by Crippen LogP contribution is -2.45. The number of aliphatic hydroxyl groups is 2. The predicted molar refractivity (Wildman–Crippen MR) is 122 cm³/mol. The Morgan fingerprint density at radius 2 is 1.97 bits per heavy atom. The summed E-state index contributed by atoms with van der Waals surface area (Å²) in [6, 6.07) is 4.55. The van der Waals surface area contributed by atoms with E-state index in [-0.39, 0.29) is 23.0 Å². The smallest absolute Gasteiger partial charge is 0.232 e. The Bertz CT molecular complexity index is 1190. The van der Waals surface area contributed by atoms with Crippen LogP contribution in [0.2, 0.25) is 0 Å². The predicted octanol–water partition coefficient (Wildman–Crippen LogP) is 1.68. The molecule has 0 aliphatic carbocycles. The van der Waals surface area contributed by atoms with E-state index in [1.807, 2.05) is 6.07 Å². The number of pyridine rings is 1. The highest BCUT2D eigenvalue weighted by atomic mass is 19.1. The Kier molecular flexibility index (Phi) is 6.91. The molecule has 0 saturated carbocycles. The molecule has 4 heterocycles. The van der Waals surface area contributed by atoms with Gasteiger partial charge in [0.05, 0.1) is 43.4 Å². The number of nitrogens with zero attached hydrogens (tertiary/aromatic N) is 3. The second kappa shape index (κ2) is 10.2. The Labute approximate surface area is 201 Å². The number of nitrogens with one attached hydrogen (secondary N) is 1. The van der Waals surface area contributed by atoms with Gasteiger partial charge in [-0.3, -0.25) is 4.98 Å². The third-order valence-electron chi connectivity index (χ3n) is 6.26. The fraction of sp³-hybridized carbons (Fsp3) is 0.458. The van der Waals surface area contributed by atoms with Crippen LogP contribution in [-0.2, 0) is 11.3 Å². The average Bonchev–Trinajstić information content (AvgIpc) is 2.91. The van der Waals surface area contributed by atoms with Crippen molar-refractivity contribution in [2.24, 2.45) is 0 Å². The Morgan fingerprint density at radius 1 is 1.14 bits per heavy atom. The summed E-state index contributed by atoms with van der Waals surface area (Å²) in [6.07, 6.45) is 0.688. The molecule has 186 valence electrons. The molecule has 2 aromatic heterocycles. The summed E-state index contributed by atoms with van der Waals surface area (Å²) in [5.74, 6) is 0.821. The van der Waals surface area contributed by atoms with E-state index in [2.05, 4.69) is 20.3 Å². The van der Waals surface area contributed by atoms with Gasteiger partial charge in [-0.1, -0.05) is 0 Å². The van der Waals surface area contributed by atoms with E-state index in [0.29, 0.717) is 56.2 Å². The summed E-state index contributed by atoms with van der Waals surface area (Å²) in [5, 5.41) is 25.1. The molecular weight excluding hydrogens is 459 g/mol. The molecule has 10 nitrogen and oxygen atoms in total. The van der Waals surface area contributed by atoms with Crippen LogP contribution in [0, 0.1) is 5.82 Å². The van der Waals surface area contributed by atoms with Crippen LogP contribution >= 0.6 is 0 Å². The van der Waals surface area contributed by atoms with Gasteiger partial charge in [0.15, 0.2) is 11.5 Å². The highest BCUT2D eigenvalue weighted by Gasteiger charge is 2.34. The third kappa shape index (κ3) is 4.98. The standard InChI is InChI=1S/C24H27FN4O6/c1-32-20-11-28-16-4-3-15(25)21(22(16)29-20)24(31)23(30)17-5-2-13(12-35-17)26-9-14-8-18-19(10-27-14)34-7-6-33-18/h3-4,8,10-11,13,17,23-24,26,30-31H,2,5-7,9,12H2,1H3/t13-,17+,23-,24-/m1/s1. The van der Waals surface area contributed by atoms with Crippen LogP contribution in [-0.4, -0.2) is 70.3 Å². The van der Waals surface area contributed by atoms with Crippen molar-refractivity contribution >= 4 is 11.0 Å². The molecule has 0 radical (unpaired) electrons. The minimum atomic E-state index is -1.54. The quantitative estimate of drug-likeness (QED) is 0.454. The zero-order chi connectivity index (χ0) is 24.4. The van der Waals surface area contributed by atoms with Crippen LogP contribution in [0.1, 0.15) is 30.2 Å². The Morgan fingerprint density at radius 3 is 2.74 bits per heavy atom. The zero-order valence-electron chi connectivity index (χ0n) is 19.2. The van der Waals surface area contributed by atoms with E-state index in [4.69, 9.17) is 18.9 Å². The van der Waals surface area contributed by atoms with E-state index in [1.165, 1.54) is 25.4 Å². The molecule has 11 heteroatoms. The summed E-state index contributed by atoms with van der Waals surface area (Å²) in [5.41, 5.74) is 1.21. The van der Waals surface area contributed by atoms with Gasteiger partial charge in [0, 0.05) is 24.2 Å².